The molecular formula is C16H25N5. The Morgan fingerprint density at radius 3 is 2.86 bits per heavy atom. The molecule has 5 nitrogen and oxygen atoms in total. The fourth-order valence-corrected chi connectivity index (χ4v) is 3.23. The second kappa shape index (κ2) is 6.43. The Kier molecular flexibility index (Phi) is 4.39. The van der Waals surface area contributed by atoms with E-state index in [1.165, 1.54) is 37.8 Å². The summed E-state index contributed by atoms with van der Waals surface area (Å²) < 4.78 is 4.42. The first-order valence-corrected chi connectivity index (χ1v) is 7.97. The van der Waals surface area contributed by atoms with Gasteiger partial charge in [-0.2, -0.15) is 5.10 Å². The summed E-state index contributed by atoms with van der Waals surface area (Å²) in [5.74, 6) is 1.05. The van der Waals surface area contributed by atoms with Gasteiger partial charge in [0.2, 0.25) is 0 Å². The molecule has 0 aliphatic heterocycles. The normalized spacial score (nSPS) is 16.5. The third-order valence-electron chi connectivity index (χ3n) is 4.43. The van der Waals surface area contributed by atoms with E-state index in [2.05, 4.69) is 38.7 Å². The predicted octanol–water partition coefficient (Wildman–Crippen LogP) is 2.66. The number of imidazole rings is 1. The zero-order chi connectivity index (χ0) is 14.7. The van der Waals surface area contributed by atoms with Gasteiger partial charge in [-0.1, -0.05) is 19.3 Å². The summed E-state index contributed by atoms with van der Waals surface area (Å²) in [7, 11) is 1.96. The van der Waals surface area contributed by atoms with Gasteiger partial charge in [0, 0.05) is 18.9 Å². The molecule has 1 N–H and O–H groups in total. The lowest BCUT2D eigenvalue weighted by molar-refractivity contribution is 0.328. The molecule has 21 heavy (non-hydrogen) atoms. The summed E-state index contributed by atoms with van der Waals surface area (Å²) in [6.07, 6.45) is 10.7. The lowest BCUT2D eigenvalue weighted by Crippen LogP contribution is -2.15. The first kappa shape index (κ1) is 14.3. The van der Waals surface area contributed by atoms with Crippen LogP contribution in [0, 0.1) is 6.92 Å². The summed E-state index contributed by atoms with van der Waals surface area (Å²) in [6, 6.07) is 2.75. The molecule has 0 saturated heterocycles. The third-order valence-corrected chi connectivity index (χ3v) is 4.43. The number of hydrogen-bond acceptors (Lipinski definition) is 3. The average molecular weight is 287 g/mol. The fourth-order valence-electron chi connectivity index (χ4n) is 3.23. The van der Waals surface area contributed by atoms with Crippen LogP contribution in [0.5, 0.6) is 0 Å². The largest absolute Gasteiger partial charge is 0.325 e. The molecule has 0 radical (unpaired) electrons. The highest BCUT2D eigenvalue weighted by molar-refractivity contribution is 5.09. The molecule has 2 heterocycles. The summed E-state index contributed by atoms with van der Waals surface area (Å²) in [6.45, 7) is 3.70. The Bertz CT molecular complexity index is 577. The first-order valence-electron chi connectivity index (χ1n) is 7.97. The Morgan fingerprint density at radius 2 is 2.10 bits per heavy atom. The van der Waals surface area contributed by atoms with Crippen LogP contribution >= 0.6 is 0 Å². The van der Waals surface area contributed by atoms with E-state index < -0.39 is 0 Å². The lowest BCUT2D eigenvalue weighted by Gasteiger charge is -2.21. The Morgan fingerprint density at radius 1 is 1.29 bits per heavy atom. The van der Waals surface area contributed by atoms with Crippen LogP contribution in [-0.2, 0) is 13.1 Å². The maximum absolute atomic E-state index is 4.80. The van der Waals surface area contributed by atoms with Crippen LogP contribution in [-0.4, -0.2) is 26.4 Å². The van der Waals surface area contributed by atoms with Gasteiger partial charge in [0.15, 0.2) is 0 Å². The predicted molar refractivity (Wildman–Crippen MR) is 83.2 cm³/mol. The summed E-state index contributed by atoms with van der Waals surface area (Å²) >= 11 is 0. The van der Waals surface area contributed by atoms with E-state index in [4.69, 9.17) is 5.10 Å². The van der Waals surface area contributed by atoms with Gasteiger partial charge in [0.05, 0.1) is 24.0 Å². The Balaban J connectivity index is 1.73. The quantitative estimate of drug-likeness (QED) is 0.919. The number of nitrogens with one attached hydrogen (secondary N) is 1. The molecule has 5 heteroatoms. The highest BCUT2D eigenvalue weighted by Crippen LogP contribution is 2.27. The molecule has 114 valence electrons. The van der Waals surface area contributed by atoms with Crippen LogP contribution in [0.15, 0.2) is 18.5 Å². The van der Waals surface area contributed by atoms with Crippen LogP contribution in [0.4, 0.5) is 0 Å². The molecule has 3 rings (SSSR count). The minimum atomic E-state index is 0.605. The minimum absolute atomic E-state index is 0.605. The summed E-state index contributed by atoms with van der Waals surface area (Å²) in [5.41, 5.74) is 2.33. The van der Waals surface area contributed by atoms with Crippen molar-refractivity contribution < 1.29 is 0 Å². The molecule has 1 fully saturated rings. The number of aryl methyl sites for hydroxylation is 1. The van der Waals surface area contributed by atoms with Crippen molar-refractivity contribution >= 4 is 0 Å². The molecule has 2 aromatic rings. The van der Waals surface area contributed by atoms with Gasteiger partial charge in [0.25, 0.3) is 0 Å². The van der Waals surface area contributed by atoms with E-state index in [0.717, 1.165) is 24.6 Å². The zero-order valence-corrected chi connectivity index (χ0v) is 13.0. The van der Waals surface area contributed by atoms with E-state index in [-0.39, 0.29) is 0 Å². The van der Waals surface area contributed by atoms with Crippen molar-refractivity contribution in [3.8, 4) is 0 Å². The van der Waals surface area contributed by atoms with Crippen molar-refractivity contribution in [1.29, 1.82) is 0 Å². The van der Waals surface area contributed by atoms with Crippen LogP contribution in [0.3, 0.4) is 0 Å². The molecule has 0 atom stereocenters. The van der Waals surface area contributed by atoms with E-state index in [1.54, 1.807) is 0 Å². The van der Waals surface area contributed by atoms with Crippen molar-refractivity contribution in [1.82, 2.24) is 24.6 Å². The highest BCUT2D eigenvalue weighted by atomic mass is 15.3. The maximum atomic E-state index is 4.80. The van der Waals surface area contributed by atoms with Crippen molar-refractivity contribution in [2.24, 2.45) is 0 Å². The van der Waals surface area contributed by atoms with E-state index in [0.29, 0.717) is 6.04 Å². The molecule has 2 aromatic heterocycles. The van der Waals surface area contributed by atoms with Gasteiger partial charge in [-0.15, -0.1) is 0 Å². The summed E-state index contributed by atoms with van der Waals surface area (Å²) in [5, 5.41) is 7.99. The number of nitrogens with zero attached hydrogens (tertiary/aromatic N) is 4. The van der Waals surface area contributed by atoms with Gasteiger partial charge in [0.1, 0.15) is 5.82 Å². The minimum Gasteiger partial charge on any atom is -0.325 e. The van der Waals surface area contributed by atoms with Gasteiger partial charge in [-0.3, -0.25) is 4.68 Å². The van der Waals surface area contributed by atoms with Gasteiger partial charge >= 0.3 is 0 Å². The van der Waals surface area contributed by atoms with E-state index in [9.17, 15) is 0 Å². The highest BCUT2D eigenvalue weighted by Gasteiger charge is 2.16. The van der Waals surface area contributed by atoms with Crippen LogP contribution in [0.25, 0.3) is 0 Å². The smallest absolute Gasteiger partial charge is 0.106 e. The molecule has 0 spiro atoms. The standard InChI is InChI=1S/C16H25N5/c1-13-18-11-16(10-17-2)20(13)12-14-8-9-21(19-14)15-6-4-3-5-7-15/h8-9,11,15,17H,3-7,10,12H2,1-2H3. The van der Waals surface area contributed by atoms with Gasteiger partial charge in [-0.25, -0.2) is 4.98 Å². The average Bonchev–Trinajstić information content (AvgIpc) is 3.11. The molecule has 0 bridgehead atoms. The molecular weight excluding hydrogens is 262 g/mol. The monoisotopic (exact) mass is 287 g/mol. The Labute approximate surface area is 126 Å². The molecule has 1 aliphatic rings. The van der Waals surface area contributed by atoms with Crippen molar-refractivity contribution in [2.75, 3.05) is 7.05 Å². The molecule has 1 saturated carbocycles. The number of aromatic nitrogens is 4. The maximum Gasteiger partial charge on any atom is 0.106 e. The first-order chi connectivity index (χ1) is 10.3. The van der Waals surface area contributed by atoms with Crippen molar-refractivity contribution in [3.63, 3.8) is 0 Å². The second-order valence-corrected chi connectivity index (χ2v) is 5.99. The van der Waals surface area contributed by atoms with Crippen LogP contribution in [0.2, 0.25) is 0 Å². The zero-order valence-electron chi connectivity index (χ0n) is 13.0. The van der Waals surface area contributed by atoms with Crippen LogP contribution < -0.4 is 5.32 Å². The van der Waals surface area contributed by atoms with E-state index >= 15 is 0 Å². The fraction of sp³-hybridized carbons (Fsp3) is 0.625. The SMILES string of the molecule is CNCc1cnc(C)n1Cc1ccn(C2CCCCC2)n1. The van der Waals surface area contributed by atoms with Crippen LogP contribution in [0.1, 0.15) is 55.4 Å². The number of rotatable bonds is 5. The van der Waals surface area contributed by atoms with Gasteiger partial charge in [-0.05, 0) is 32.9 Å². The molecule has 0 unspecified atom stereocenters. The van der Waals surface area contributed by atoms with Crippen molar-refractivity contribution in [2.45, 2.75) is 58.2 Å². The van der Waals surface area contributed by atoms with Crippen molar-refractivity contribution in [3.05, 3.63) is 35.7 Å². The molecule has 0 amide bonds. The lowest BCUT2D eigenvalue weighted by atomic mass is 9.96. The van der Waals surface area contributed by atoms with Gasteiger partial charge < -0.3 is 9.88 Å². The molecule has 0 aromatic carbocycles. The second-order valence-electron chi connectivity index (χ2n) is 5.99. The number of hydrogen-bond donors (Lipinski definition) is 1. The summed E-state index contributed by atoms with van der Waals surface area (Å²) in [4.78, 5) is 4.42. The molecule has 1 aliphatic carbocycles. The third kappa shape index (κ3) is 3.18. The topological polar surface area (TPSA) is 47.7 Å². The van der Waals surface area contributed by atoms with E-state index in [1.807, 2.05) is 13.2 Å². The Hall–Kier alpha value is -1.62.